The molecule has 0 spiro atoms. The Morgan fingerprint density at radius 2 is 2.20 bits per heavy atom. The van der Waals surface area contributed by atoms with E-state index in [1.54, 1.807) is 13.0 Å². The van der Waals surface area contributed by atoms with E-state index in [9.17, 15) is 8.42 Å². The normalized spacial score (nSPS) is 18.6. The summed E-state index contributed by atoms with van der Waals surface area (Å²) in [5.41, 5.74) is 0.766. The molecule has 0 unspecified atom stereocenters. The highest BCUT2D eigenvalue weighted by molar-refractivity contribution is 8.06. The molecule has 0 bridgehead atoms. The van der Waals surface area contributed by atoms with Gasteiger partial charge in [0, 0.05) is 6.26 Å². The van der Waals surface area contributed by atoms with E-state index in [4.69, 9.17) is 0 Å². The SMILES string of the molecule is CC1=CCN=C1S(C)(=O)=O. The monoisotopic (exact) mass is 159 g/mol. The molecule has 0 aliphatic carbocycles. The van der Waals surface area contributed by atoms with E-state index < -0.39 is 9.84 Å². The number of rotatable bonds is 0. The van der Waals surface area contributed by atoms with Crippen LogP contribution in [0.4, 0.5) is 0 Å². The topological polar surface area (TPSA) is 46.5 Å². The fourth-order valence-electron chi connectivity index (χ4n) is 0.887. The van der Waals surface area contributed by atoms with Crippen molar-refractivity contribution in [3.8, 4) is 0 Å². The number of hydrogen-bond donors (Lipinski definition) is 0. The quantitative estimate of drug-likeness (QED) is 0.513. The standard InChI is InChI=1S/C6H9NO2S/c1-5-3-4-7-6(5)10(2,8)9/h3H,4H2,1-2H3. The lowest BCUT2D eigenvalue weighted by atomic mass is 10.3. The summed E-state index contributed by atoms with van der Waals surface area (Å²) in [5, 5.41) is 0.243. The van der Waals surface area contributed by atoms with Gasteiger partial charge in [0.25, 0.3) is 0 Å². The van der Waals surface area contributed by atoms with Crippen molar-refractivity contribution in [3.63, 3.8) is 0 Å². The molecule has 56 valence electrons. The van der Waals surface area contributed by atoms with Gasteiger partial charge in [0.1, 0.15) is 0 Å². The van der Waals surface area contributed by atoms with E-state index in [0.29, 0.717) is 6.54 Å². The fourth-order valence-corrected chi connectivity index (χ4v) is 1.86. The predicted octanol–water partition coefficient (Wildman–Crippen LogP) is 0.389. The smallest absolute Gasteiger partial charge is 0.192 e. The molecule has 0 saturated heterocycles. The van der Waals surface area contributed by atoms with Gasteiger partial charge in [-0.15, -0.1) is 0 Å². The molecular weight excluding hydrogens is 150 g/mol. The average molecular weight is 159 g/mol. The van der Waals surface area contributed by atoms with E-state index in [1.165, 1.54) is 6.26 Å². The Morgan fingerprint density at radius 3 is 2.40 bits per heavy atom. The fraction of sp³-hybridized carbons (Fsp3) is 0.500. The Bertz CT molecular complexity index is 298. The van der Waals surface area contributed by atoms with Crippen molar-refractivity contribution in [2.24, 2.45) is 4.99 Å². The third-order valence-corrected chi connectivity index (χ3v) is 2.47. The molecule has 0 radical (unpaired) electrons. The first-order valence-corrected chi connectivity index (χ1v) is 4.82. The van der Waals surface area contributed by atoms with Crippen LogP contribution in [-0.2, 0) is 9.84 Å². The van der Waals surface area contributed by atoms with Gasteiger partial charge in [-0.05, 0) is 12.5 Å². The van der Waals surface area contributed by atoms with Crippen molar-refractivity contribution in [1.29, 1.82) is 0 Å². The van der Waals surface area contributed by atoms with Gasteiger partial charge in [0.2, 0.25) is 0 Å². The second-order valence-corrected chi connectivity index (χ2v) is 4.24. The van der Waals surface area contributed by atoms with Gasteiger partial charge in [0.05, 0.1) is 6.54 Å². The number of nitrogens with zero attached hydrogens (tertiary/aromatic N) is 1. The zero-order valence-electron chi connectivity index (χ0n) is 5.96. The van der Waals surface area contributed by atoms with E-state index in [-0.39, 0.29) is 5.04 Å². The first-order chi connectivity index (χ1) is 4.52. The molecular formula is C6H9NO2S. The minimum Gasteiger partial charge on any atom is -0.269 e. The van der Waals surface area contributed by atoms with Gasteiger partial charge < -0.3 is 0 Å². The molecule has 0 N–H and O–H groups in total. The van der Waals surface area contributed by atoms with Crippen LogP contribution in [0, 0.1) is 0 Å². The first kappa shape index (κ1) is 7.47. The Balaban J connectivity index is 3.09. The van der Waals surface area contributed by atoms with E-state index >= 15 is 0 Å². The summed E-state index contributed by atoms with van der Waals surface area (Å²) < 4.78 is 21.7. The summed E-state index contributed by atoms with van der Waals surface area (Å²) in [6.07, 6.45) is 2.98. The third kappa shape index (κ3) is 1.26. The lowest BCUT2D eigenvalue weighted by Crippen LogP contribution is -2.11. The Hall–Kier alpha value is -0.640. The maximum absolute atomic E-state index is 10.9. The molecule has 0 amide bonds. The summed E-state index contributed by atoms with van der Waals surface area (Å²) in [6.45, 7) is 2.26. The number of sulfone groups is 1. The molecule has 1 aliphatic rings. The summed E-state index contributed by atoms with van der Waals surface area (Å²) in [7, 11) is -3.07. The maximum Gasteiger partial charge on any atom is 0.192 e. The van der Waals surface area contributed by atoms with Crippen LogP contribution in [-0.4, -0.2) is 26.3 Å². The molecule has 4 heteroatoms. The van der Waals surface area contributed by atoms with Crippen LogP contribution in [0.15, 0.2) is 16.6 Å². The highest BCUT2D eigenvalue weighted by atomic mass is 32.2. The largest absolute Gasteiger partial charge is 0.269 e. The van der Waals surface area contributed by atoms with Crippen LogP contribution in [0.2, 0.25) is 0 Å². The van der Waals surface area contributed by atoms with Crippen molar-refractivity contribution >= 4 is 14.9 Å². The van der Waals surface area contributed by atoms with Gasteiger partial charge >= 0.3 is 0 Å². The Morgan fingerprint density at radius 1 is 1.60 bits per heavy atom. The highest BCUT2D eigenvalue weighted by Crippen LogP contribution is 2.09. The van der Waals surface area contributed by atoms with Crippen LogP contribution < -0.4 is 0 Å². The molecule has 0 aromatic carbocycles. The highest BCUT2D eigenvalue weighted by Gasteiger charge is 2.17. The summed E-state index contributed by atoms with van der Waals surface area (Å²) in [4.78, 5) is 3.82. The minimum absolute atomic E-state index is 0.243. The molecule has 0 saturated carbocycles. The second-order valence-electron chi connectivity index (χ2n) is 2.31. The van der Waals surface area contributed by atoms with Crippen molar-refractivity contribution in [1.82, 2.24) is 0 Å². The van der Waals surface area contributed by atoms with Crippen LogP contribution in [0.25, 0.3) is 0 Å². The van der Waals surface area contributed by atoms with Crippen LogP contribution in [0.5, 0.6) is 0 Å². The van der Waals surface area contributed by atoms with E-state index in [0.717, 1.165) is 5.57 Å². The minimum atomic E-state index is -3.07. The predicted molar refractivity (Wildman–Crippen MR) is 40.9 cm³/mol. The molecule has 1 rings (SSSR count). The van der Waals surface area contributed by atoms with E-state index in [1.807, 2.05) is 0 Å². The first-order valence-electron chi connectivity index (χ1n) is 2.93. The second kappa shape index (κ2) is 2.20. The lowest BCUT2D eigenvalue weighted by Gasteiger charge is -1.95. The molecule has 0 fully saturated rings. The summed E-state index contributed by atoms with van der Waals surface area (Å²) >= 11 is 0. The number of aliphatic imine (C=N–C) groups is 1. The van der Waals surface area contributed by atoms with Gasteiger partial charge in [-0.2, -0.15) is 0 Å². The molecule has 3 nitrogen and oxygen atoms in total. The average Bonchev–Trinajstić information content (AvgIpc) is 2.11. The van der Waals surface area contributed by atoms with Crippen LogP contribution in [0.1, 0.15) is 6.92 Å². The van der Waals surface area contributed by atoms with E-state index in [2.05, 4.69) is 4.99 Å². The summed E-state index contributed by atoms with van der Waals surface area (Å²) in [5.74, 6) is 0. The molecule has 0 atom stereocenters. The van der Waals surface area contributed by atoms with Crippen molar-refractivity contribution in [2.45, 2.75) is 6.92 Å². The Kier molecular flexibility index (Phi) is 1.64. The molecule has 1 aliphatic heterocycles. The van der Waals surface area contributed by atoms with Gasteiger partial charge in [-0.1, -0.05) is 6.08 Å². The van der Waals surface area contributed by atoms with Crippen LogP contribution >= 0.6 is 0 Å². The van der Waals surface area contributed by atoms with Gasteiger partial charge in [-0.3, -0.25) is 4.99 Å². The zero-order chi connectivity index (χ0) is 7.78. The van der Waals surface area contributed by atoms with Crippen LogP contribution in [0.3, 0.4) is 0 Å². The molecule has 0 aromatic rings. The zero-order valence-corrected chi connectivity index (χ0v) is 6.77. The third-order valence-electron chi connectivity index (χ3n) is 1.32. The summed E-state index contributed by atoms with van der Waals surface area (Å²) in [6, 6.07) is 0. The molecule has 1 heterocycles. The molecule has 10 heavy (non-hydrogen) atoms. The van der Waals surface area contributed by atoms with Crippen molar-refractivity contribution < 1.29 is 8.42 Å². The van der Waals surface area contributed by atoms with Gasteiger partial charge in [0.15, 0.2) is 14.9 Å². The number of hydrogen-bond acceptors (Lipinski definition) is 3. The van der Waals surface area contributed by atoms with Crippen molar-refractivity contribution in [3.05, 3.63) is 11.6 Å². The van der Waals surface area contributed by atoms with Gasteiger partial charge in [-0.25, -0.2) is 8.42 Å². The maximum atomic E-state index is 10.9. The lowest BCUT2D eigenvalue weighted by molar-refractivity contribution is 0.612. The van der Waals surface area contributed by atoms with Crippen molar-refractivity contribution in [2.75, 3.05) is 12.8 Å². The Labute approximate surface area is 60.4 Å². The molecule has 0 aromatic heterocycles.